The summed E-state index contributed by atoms with van der Waals surface area (Å²) >= 11 is 3.22. The molecule has 1 rings (SSSR count). The smallest absolute Gasteiger partial charge is 0.356 e. The van der Waals surface area contributed by atoms with Crippen LogP contribution in [-0.4, -0.2) is 28.9 Å². The second-order valence-electron chi connectivity index (χ2n) is 3.10. The summed E-state index contributed by atoms with van der Waals surface area (Å²) in [6.45, 7) is 4.42. The summed E-state index contributed by atoms with van der Waals surface area (Å²) in [6.07, 6.45) is 0. The van der Waals surface area contributed by atoms with Crippen LogP contribution < -0.4 is 5.73 Å². The molecule has 0 saturated heterocycles. The number of nitrogens with two attached hydrogens (primary N) is 1. The van der Waals surface area contributed by atoms with Gasteiger partial charge in [0, 0.05) is 12.6 Å². The van der Waals surface area contributed by atoms with Crippen LogP contribution in [0.15, 0.2) is 10.7 Å². The van der Waals surface area contributed by atoms with Gasteiger partial charge < -0.3 is 10.5 Å². The van der Waals surface area contributed by atoms with E-state index in [4.69, 9.17) is 10.5 Å². The maximum Gasteiger partial charge on any atom is 0.356 e. The number of nitrogens with zero attached hydrogens (tertiary/aromatic N) is 2. The molecule has 0 bridgehead atoms. The minimum Gasteiger partial charge on any atom is -0.461 e. The van der Waals surface area contributed by atoms with E-state index < -0.39 is 0 Å². The number of halogens is 1. The van der Waals surface area contributed by atoms with Crippen molar-refractivity contribution >= 4 is 21.9 Å². The third kappa shape index (κ3) is 2.79. The Morgan fingerprint density at radius 3 is 3.00 bits per heavy atom. The fourth-order valence-electron chi connectivity index (χ4n) is 1.16. The molecule has 5 nitrogen and oxygen atoms in total. The predicted octanol–water partition coefficient (Wildman–Crippen LogP) is 1.34. The number of aromatic nitrogens is 2. The van der Waals surface area contributed by atoms with Crippen LogP contribution in [-0.2, 0) is 4.74 Å². The first-order valence-corrected chi connectivity index (χ1v) is 5.51. The highest BCUT2D eigenvalue weighted by atomic mass is 79.9. The number of carbonyl (C=O) groups excluding carboxylic acids is 1. The Morgan fingerprint density at radius 1 is 1.80 bits per heavy atom. The van der Waals surface area contributed by atoms with Crippen molar-refractivity contribution < 1.29 is 9.53 Å². The lowest BCUT2D eigenvalue weighted by atomic mass is 10.3. The van der Waals surface area contributed by atoms with Gasteiger partial charge >= 0.3 is 5.97 Å². The lowest BCUT2D eigenvalue weighted by Gasteiger charge is -2.12. The molecule has 0 aliphatic rings. The van der Waals surface area contributed by atoms with Crippen LogP contribution in [0.4, 0.5) is 0 Å². The minimum absolute atomic E-state index is 0.0318. The quantitative estimate of drug-likeness (QED) is 0.842. The van der Waals surface area contributed by atoms with Crippen LogP contribution in [0.25, 0.3) is 0 Å². The molecule has 0 fully saturated rings. The number of carbonyl (C=O) groups is 1. The van der Waals surface area contributed by atoms with Crippen molar-refractivity contribution in [3.8, 4) is 0 Å². The van der Waals surface area contributed by atoms with Crippen molar-refractivity contribution in [2.75, 3.05) is 13.2 Å². The van der Waals surface area contributed by atoms with Crippen molar-refractivity contribution in [1.82, 2.24) is 9.78 Å². The Hall–Kier alpha value is -0.880. The average molecular weight is 276 g/mol. The van der Waals surface area contributed by atoms with Gasteiger partial charge in [-0.2, -0.15) is 5.10 Å². The van der Waals surface area contributed by atoms with Gasteiger partial charge in [0.15, 0.2) is 0 Å². The maximum absolute atomic E-state index is 11.6. The first kappa shape index (κ1) is 12.2. The van der Waals surface area contributed by atoms with Gasteiger partial charge in [-0.25, -0.2) is 4.79 Å². The molecule has 1 heterocycles. The first-order chi connectivity index (χ1) is 7.10. The molecule has 1 aromatic rings. The molecule has 0 aliphatic heterocycles. The van der Waals surface area contributed by atoms with E-state index in [1.54, 1.807) is 17.7 Å². The van der Waals surface area contributed by atoms with E-state index in [1.807, 2.05) is 6.92 Å². The lowest BCUT2D eigenvalue weighted by Crippen LogP contribution is -2.22. The van der Waals surface area contributed by atoms with Crippen molar-refractivity contribution in [2.45, 2.75) is 19.9 Å². The normalized spacial score (nSPS) is 12.5. The second-order valence-corrected chi connectivity index (χ2v) is 3.91. The molecule has 0 radical (unpaired) electrons. The molecule has 1 aromatic heterocycles. The van der Waals surface area contributed by atoms with Gasteiger partial charge in [0.1, 0.15) is 10.3 Å². The molecule has 84 valence electrons. The molecule has 15 heavy (non-hydrogen) atoms. The van der Waals surface area contributed by atoms with Crippen LogP contribution in [0.5, 0.6) is 0 Å². The zero-order chi connectivity index (χ0) is 11.4. The Morgan fingerprint density at radius 2 is 2.47 bits per heavy atom. The largest absolute Gasteiger partial charge is 0.461 e. The summed E-state index contributed by atoms with van der Waals surface area (Å²) in [6, 6.07) is 1.60. The molecule has 0 spiro atoms. The summed E-state index contributed by atoms with van der Waals surface area (Å²) in [5, 5.41) is 4.14. The standard InChI is InChI=1S/C9H14BrN3O2/c1-3-15-9(14)7-4-8(10)12-13(7)6(2)5-11/h4,6H,3,5,11H2,1-2H3/t6-/m0/s1. The topological polar surface area (TPSA) is 70.1 Å². The third-order valence-corrected chi connectivity index (χ3v) is 2.34. The highest BCUT2D eigenvalue weighted by molar-refractivity contribution is 9.10. The summed E-state index contributed by atoms with van der Waals surface area (Å²) in [5.41, 5.74) is 5.95. The molecule has 0 aliphatic carbocycles. The molecule has 6 heteroatoms. The first-order valence-electron chi connectivity index (χ1n) is 4.72. The van der Waals surface area contributed by atoms with Crippen LogP contribution in [0.3, 0.4) is 0 Å². The van der Waals surface area contributed by atoms with Gasteiger partial charge in [0.2, 0.25) is 0 Å². The number of rotatable bonds is 4. The van der Waals surface area contributed by atoms with Crippen molar-refractivity contribution in [1.29, 1.82) is 0 Å². The van der Waals surface area contributed by atoms with Gasteiger partial charge in [-0.3, -0.25) is 4.68 Å². The zero-order valence-corrected chi connectivity index (χ0v) is 10.3. The molecule has 2 N–H and O–H groups in total. The van der Waals surface area contributed by atoms with E-state index in [-0.39, 0.29) is 12.0 Å². The van der Waals surface area contributed by atoms with E-state index >= 15 is 0 Å². The van der Waals surface area contributed by atoms with E-state index in [1.165, 1.54) is 0 Å². The van der Waals surface area contributed by atoms with Crippen molar-refractivity contribution in [2.24, 2.45) is 5.73 Å². The monoisotopic (exact) mass is 275 g/mol. The van der Waals surface area contributed by atoms with Crippen molar-refractivity contribution in [3.05, 3.63) is 16.4 Å². The Kier molecular flexibility index (Phi) is 4.28. The molecule has 0 unspecified atom stereocenters. The fraction of sp³-hybridized carbons (Fsp3) is 0.556. The Bertz CT molecular complexity index is 351. The van der Waals surface area contributed by atoms with Gasteiger partial charge in [-0.05, 0) is 29.8 Å². The van der Waals surface area contributed by atoms with Gasteiger partial charge in [-0.1, -0.05) is 0 Å². The Labute approximate surface area is 96.7 Å². The van der Waals surface area contributed by atoms with Crippen LogP contribution in [0.1, 0.15) is 30.4 Å². The molecule has 0 amide bonds. The van der Waals surface area contributed by atoms with E-state index in [2.05, 4.69) is 21.0 Å². The number of esters is 1. The van der Waals surface area contributed by atoms with Crippen LogP contribution in [0.2, 0.25) is 0 Å². The predicted molar refractivity (Wildman–Crippen MR) is 59.6 cm³/mol. The van der Waals surface area contributed by atoms with Gasteiger partial charge in [0.05, 0.1) is 12.6 Å². The van der Waals surface area contributed by atoms with E-state index in [9.17, 15) is 4.79 Å². The lowest BCUT2D eigenvalue weighted by molar-refractivity contribution is 0.0509. The summed E-state index contributed by atoms with van der Waals surface area (Å²) in [4.78, 5) is 11.6. The molecular formula is C9H14BrN3O2. The highest BCUT2D eigenvalue weighted by Gasteiger charge is 2.18. The Balaban J connectivity index is 3.00. The van der Waals surface area contributed by atoms with Crippen molar-refractivity contribution in [3.63, 3.8) is 0 Å². The maximum atomic E-state index is 11.6. The molecule has 1 atom stereocenters. The number of ether oxygens (including phenoxy) is 1. The van der Waals surface area contributed by atoms with E-state index in [0.717, 1.165) is 0 Å². The molecular weight excluding hydrogens is 262 g/mol. The average Bonchev–Trinajstić information content (AvgIpc) is 2.59. The van der Waals surface area contributed by atoms with Gasteiger partial charge in [0.25, 0.3) is 0 Å². The third-order valence-electron chi connectivity index (χ3n) is 1.95. The highest BCUT2D eigenvalue weighted by Crippen LogP contribution is 2.16. The minimum atomic E-state index is -0.379. The number of hydrogen-bond donors (Lipinski definition) is 1. The van der Waals surface area contributed by atoms with E-state index in [0.29, 0.717) is 23.4 Å². The zero-order valence-electron chi connectivity index (χ0n) is 8.74. The fourth-order valence-corrected chi connectivity index (χ4v) is 1.55. The summed E-state index contributed by atoms with van der Waals surface area (Å²) in [7, 11) is 0. The number of hydrogen-bond acceptors (Lipinski definition) is 4. The molecule has 0 saturated carbocycles. The summed E-state index contributed by atoms with van der Waals surface area (Å²) < 4.78 is 7.09. The summed E-state index contributed by atoms with van der Waals surface area (Å²) in [5.74, 6) is -0.379. The van der Waals surface area contributed by atoms with Gasteiger partial charge in [-0.15, -0.1) is 0 Å². The van der Waals surface area contributed by atoms with Crippen LogP contribution in [0, 0.1) is 0 Å². The van der Waals surface area contributed by atoms with Crippen LogP contribution >= 0.6 is 15.9 Å². The molecule has 0 aromatic carbocycles. The second kappa shape index (κ2) is 5.27. The SMILES string of the molecule is CCOC(=O)c1cc(Br)nn1[C@@H](C)CN.